The quantitative estimate of drug-likeness (QED) is 0.808. The molecule has 2 heterocycles. The van der Waals surface area contributed by atoms with E-state index in [0.29, 0.717) is 23.4 Å². The zero-order valence-electron chi connectivity index (χ0n) is 10.9. The topological polar surface area (TPSA) is 46.3 Å². The first-order chi connectivity index (χ1) is 8.75. The van der Waals surface area contributed by atoms with Crippen LogP contribution in [-0.2, 0) is 0 Å². The van der Waals surface area contributed by atoms with Gasteiger partial charge in [0.05, 0.1) is 0 Å². The molecule has 1 aromatic rings. The van der Waals surface area contributed by atoms with E-state index in [2.05, 4.69) is 5.16 Å². The highest BCUT2D eigenvalue weighted by molar-refractivity contribution is 5.92. The molecule has 1 aliphatic carbocycles. The van der Waals surface area contributed by atoms with Crippen molar-refractivity contribution < 1.29 is 9.32 Å². The molecule has 1 aliphatic heterocycles. The van der Waals surface area contributed by atoms with Crippen LogP contribution in [-0.4, -0.2) is 28.6 Å². The van der Waals surface area contributed by atoms with Crippen LogP contribution in [0.1, 0.15) is 54.8 Å². The number of aromatic nitrogens is 1. The third kappa shape index (κ3) is 2.04. The minimum absolute atomic E-state index is 0.0567. The van der Waals surface area contributed by atoms with Crippen LogP contribution >= 0.6 is 0 Å². The number of hydrogen-bond acceptors (Lipinski definition) is 3. The van der Waals surface area contributed by atoms with Crippen LogP contribution in [0, 0.1) is 12.8 Å². The Balaban J connectivity index is 1.75. The second-order valence-corrected chi connectivity index (χ2v) is 5.58. The number of amides is 1. The van der Waals surface area contributed by atoms with E-state index in [1.54, 1.807) is 6.07 Å². The van der Waals surface area contributed by atoms with Gasteiger partial charge < -0.3 is 9.42 Å². The largest absolute Gasteiger partial charge is 0.361 e. The van der Waals surface area contributed by atoms with Crippen LogP contribution in [0.25, 0.3) is 0 Å². The van der Waals surface area contributed by atoms with Crippen LogP contribution in [0.15, 0.2) is 10.6 Å². The van der Waals surface area contributed by atoms with E-state index in [-0.39, 0.29) is 5.91 Å². The van der Waals surface area contributed by atoms with Gasteiger partial charge >= 0.3 is 0 Å². The summed E-state index contributed by atoms with van der Waals surface area (Å²) in [5.74, 6) is 1.47. The third-order valence-corrected chi connectivity index (χ3v) is 4.35. The zero-order valence-corrected chi connectivity index (χ0v) is 10.9. The van der Waals surface area contributed by atoms with Crippen molar-refractivity contribution in [2.45, 2.75) is 51.5 Å². The molecule has 0 bridgehead atoms. The van der Waals surface area contributed by atoms with Crippen LogP contribution in [0.2, 0.25) is 0 Å². The molecule has 1 saturated heterocycles. The van der Waals surface area contributed by atoms with Gasteiger partial charge in [0.1, 0.15) is 5.76 Å². The van der Waals surface area contributed by atoms with Gasteiger partial charge in [-0.1, -0.05) is 18.0 Å². The van der Waals surface area contributed by atoms with Gasteiger partial charge in [-0.15, -0.1) is 0 Å². The molecule has 98 valence electrons. The summed E-state index contributed by atoms with van der Waals surface area (Å²) in [5, 5.41) is 3.86. The Hall–Kier alpha value is -1.32. The fraction of sp³-hybridized carbons (Fsp3) is 0.714. The van der Waals surface area contributed by atoms with Crippen LogP contribution in [0.3, 0.4) is 0 Å². The molecule has 2 fully saturated rings. The first-order valence-corrected chi connectivity index (χ1v) is 7.00. The van der Waals surface area contributed by atoms with Crippen molar-refractivity contribution in [1.29, 1.82) is 0 Å². The van der Waals surface area contributed by atoms with Crippen LogP contribution in [0.5, 0.6) is 0 Å². The molecular weight excluding hydrogens is 228 g/mol. The second kappa shape index (κ2) is 4.75. The Labute approximate surface area is 107 Å². The summed E-state index contributed by atoms with van der Waals surface area (Å²) in [6.45, 7) is 2.70. The lowest BCUT2D eigenvalue weighted by atomic mass is 9.96. The fourth-order valence-corrected chi connectivity index (χ4v) is 3.49. The highest BCUT2D eigenvalue weighted by Gasteiger charge is 2.36. The van der Waals surface area contributed by atoms with Crippen molar-refractivity contribution in [3.05, 3.63) is 17.5 Å². The lowest BCUT2D eigenvalue weighted by Gasteiger charge is -2.28. The monoisotopic (exact) mass is 248 g/mol. The summed E-state index contributed by atoms with van der Waals surface area (Å²) < 4.78 is 5.01. The van der Waals surface area contributed by atoms with E-state index in [4.69, 9.17) is 4.52 Å². The van der Waals surface area contributed by atoms with Gasteiger partial charge in [0.2, 0.25) is 0 Å². The number of carbonyl (C=O) groups is 1. The molecule has 4 heteroatoms. The van der Waals surface area contributed by atoms with Crippen molar-refractivity contribution in [2.24, 2.45) is 5.92 Å². The summed E-state index contributed by atoms with van der Waals surface area (Å²) in [7, 11) is 0. The maximum absolute atomic E-state index is 12.4. The van der Waals surface area contributed by atoms with E-state index in [9.17, 15) is 4.79 Å². The summed E-state index contributed by atoms with van der Waals surface area (Å²) in [5.41, 5.74) is 0.470. The van der Waals surface area contributed by atoms with E-state index in [0.717, 1.165) is 19.4 Å². The van der Waals surface area contributed by atoms with Gasteiger partial charge in [0.25, 0.3) is 5.91 Å². The second-order valence-electron chi connectivity index (χ2n) is 5.58. The summed E-state index contributed by atoms with van der Waals surface area (Å²) in [6, 6.07) is 2.18. The number of carbonyl (C=O) groups excluding carboxylic acids is 1. The van der Waals surface area contributed by atoms with Gasteiger partial charge in [-0.05, 0) is 38.5 Å². The molecule has 0 spiro atoms. The van der Waals surface area contributed by atoms with Crippen molar-refractivity contribution >= 4 is 5.91 Å². The average Bonchev–Trinajstić information content (AvgIpc) is 3.08. The minimum atomic E-state index is 0.0567. The standard InChI is InChI=1S/C14H20N2O2/c1-10-9-12(15-18-10)14(17)16-8-4-7-13(16)11-5-2-3-6-11/h9,11,13H,2-8H2,1H3/t13-/m1/s1. The van der Waals surface area contributed by atoms with Crippen molar-refractivity contribution in [1.82, 2.24) is 10.1 Å². The SMILES string of the molecule is Cc1cc(C(=O)N2CCC[C@@H]2C2CCCC2)no1. The van der Waals surface area contributed by atoms with Gasteiger partial charge in [0, 0.05) is 18.7 Å². The molecule has 3 rings (SSSR count). The third-order valence-electron chi connectivity index (χ3n) is 4.35. The first kappa shape index (κ1) is 11.8. The Morgan fingerprint density at radius 3 is 2.78 bits per heavy atom. The van der Waals surface area contributed by atoms with Crippen LogP contribution in [0.4, 0.5) is 0 Å². The Bertz CT molecular complexity index is 435. The Morgan fingerprint density at radius 2 is 2.11 bits per heavy atom. The highest BCUT2D eigenvalue weighted by Crippen LogP contribution is 2.35. The molecule has 1 amide bonds. The molecular formula is C14H20N2O2. The van der Waals surface area contributed by atoms with Gasteiger partial charge in [-0.2, -0.15) is 0 Å². The highest BCUT2D eigenvalue weighted by atomic mass is 16.5. The first-order valence-electron chi connectivity index (χ1n) is 7.00. The van der Waals surface area contributed by atoms with Crippen molar-refractivity contribution in [3.8, 4) is 0 Å². The van der Waals surface area contributed by atoms with E-state index in [1.807, 2.05) is 11.8 Å². The maximum atomic E-state index is 12.4. The maximum Gasteiger partial charge on any atom is 0.276 e. The fourth-order valence-electron chi connectivity index (χ4n) is 3.49. The molecule has 1 saturated carbocycles. The molecule has 0 N–H and O–H groups in total. The predicted molar refractivity (Wildman–Crippen MR) is 67.3 cm³/mol. The summed E-state index contributed by atoms with van der Waals surface area (Å²) >= 11 is 0. The molecule has 1 aromatic heterocycles. The molecule has 0 aromatic carbocycles. The lowest BCUT2D eigenvalue weighted by Crippen LogP contribution is -2.39. The minimum Gasteiger partial charge on any atom is -0.361 e. The van der Waals surface area contributed by atoms with Crippen molar-refractivity contribution in [2.75, 3.05) is 6.54 Å². The van der Waals surface area contributed by atoms with E-state index >= 15 is 0 Å². The van der Waals surface area contributed by atoms with Gasteiger partial charge in [-0.3, -0.25) is 4.79 Å². The summed E-state index contributed by atoms with van der Waals surface area (Å²) in [4.78, 5) is 14.5. The van der Waals surface area contributed by atoms with Gasteiger partial charge in [-0.25, -0.2) is 0 Å². The Kier molecular flexibility index (Phi) is 3.10. The molecule has 2 aliphatic rings. The van der Waals surface area contributed by atoms with E-state index < -0.39 is 0 Å². The Morgan fingerprint density at radius 1 is 1.33 bits per heavy atom. The number of nitrogens with zero attached hydrogens (tertiary/aromatic N) is 2. The van der Waals surface area contributed by atoms with Crippen molar-refractivity contribution in [3.63, 3.8) is 0 Å². The molecule has 18 heavy (non-hydrogen) atoms. The summed E-state index contributed by atoms with van der Waals surface area (Å²) in [6.07, 6.45) is 7.51. The molecule has 0 radical (unpaired) electrons. The van der Waals surface area contributed by atoms with Crippen LogP contribution < -0.4 is 0 Å². The smallest absolute Gasteiger partial charge is 0.276 e. The molecule has 0 unspecified atom stereocenters. The number of hydrogen-bond donors (Lipinski definition) is 0. The van der Waals surface area contributed by atoms with E-state index in [1.165, 1.54) is 25.7 Å². The molecule has 4 nitrogen and oxygen atoms in total. The number of aryl methyl sites for hydroxylation is 1. The molecule has 1 atom stereocenters. The van der Waals surface area contributed by atoms with Gasteiger partial charge in [0.15, 0.2) is 5.69 Å². The number of rotatable bonds is 2. The lowest BCUT2D eigenvalue weighted by molar-refractivity contribution is 0.0678. The predicted octanol–water partition coefficient (Wildman–Crippen LogP) is 2.78. The normalized spacial score (nSPS) is 24.9. The average molecular weight is 248 g/mol. The zero-order chi connectivity index (χ0) is 12.5. The number of likely N-dealkylation sites (tertiary alicyclic amines) is 1.